The molecule has 4 fully saturated rings. The summed E-state index contributed by atoms with van der Waals surface area (Å²) in [7, 11) is 1.28. The number of rotatable bonds is 7. The molecule has 2 amide bonds. The molecule has 0 radical (unpaired) electrons. The van der Waals surface area contributed by atoms with Gasteiger partial charge in [-0.15, -0.1) is 24.8 Å². The normalized spacial score (nSPS) is 23.8. The van der Waals surface area contributed by atoms with E-state index in [9.17, 15) is 9.59 Å². The Labute approximate surface area is 335 Å². The highest BCUT2D eigenvalue weighted by molar-refractivity contribution is 5.88. The summed E-state index contributed by atoms with van der Waals surface area (Å²) in [6, 6.07) is 16.2. The second kappa shape index (κ2) is 13.8. The fourth-order valence-electron chi connectivity index (χ4n) is 9.69. The van der Waals surface area contributed by atoms with Crippen LogP contribution in [-0.2, 0) is 15.5 Å². The highest BCUT2D eigenvalue weighted by Crippen LogP contribution is 2.59. The monoisotopic (exact) mass is 803 g/mol. The topological polar surface area (TPSA) is 128 Å². The Morgan fingerprint density at radius 2 is 1.62 bits per heavy atom. The van der Waals surface area contributed by atoms with Crippen molar-refractivity contribution in [3.63, 3.8) is 0 Å². The van der Waals surface area contributed by atoms with Crippen molar-refractivity contribution in [3.05, 3.63) is 83.6 Å². The summed E-state index contributed by atoms with van der Waals surface area (Å²) in [6.07, 6.45) is 7.46. The predicted molar refractivity (Wildman–Crippen MR) is 214 cm³/mol. The molecule has 2 saturated heterocycles. The minimum atomic E-state index is -3.20. The molecule has 14 heteroatoms. The van der Waals surface area contributed by atoms with Gasteiger partial charge in [-0.1, -0.05) is 44.2 Å². The van der Waals surface area contributed by atoms with Crippen molar-refractivity contribution >= 4 is 47.8 Å². The molecule has 1 spiro atoms. The molecule has 5 aliphatic rings. The number of hydrogen-bond donors (Lipinski definition) is 4. The predicted octanol–water partition coefficient (Wildman–Crippen LogP) is 8.83. The molecule has 3 aliphatic carbocycles. The number of carbonyl (C=O) groups is 2. The lowest BCUT2D eigenvalue weighted by molar-refractivity contribution is -0.135. The van der Waals surface area contributed by atoms with E-state index in [1.54, 1.807) is 30.5 Å². The number of amides is 2. The number of aromatic amines is 2. The van der Waals surface area contributed by atoms with Crippen LogP contribution in [0.5, 0.6) is 0 Å². The maximum absolute atomic E-state index is 16.4. The van der Waals surface area contributed by atoms with Gasteiger partial charge in [0, 0.05) is 29.3 Å². The molecule has 2 saturated carbocycles. The van der Waals surface area contributed by atoms with Crippen LogP contribution in [0.1, 0.15) is 87.2 Å². The second-order valence-corrected chi connectivity index (χ2v) is 16.6. The zero-order valence-corrected chi connectivity index (χ0v) is 33.0. The van der Waals surface area contributed by atoms with E-state index in [-0.39, 0.29) is 65.3 Å². The van der Waals surface area contributed by atoms with Crippen LogP contribution in [-0.4, -0.2) is 62.6 Å². The Morgan fingerprint density at radius 1 is 0.929 bits per heavy atom. The lowest BCUT2D eigenvalue weighted by atomic mass is 9.98. The van der Waals surface area contributed by atoms with Crippen molar-refractivity contribution in [2.45, 2.75) is 82.5 Å². The summed E-state index contributed by atoms with van der Waals surface area (Å²) in [5.41, 5.74) is 5.58. The van der Waals surface area contributed by atoms with Crippen LogP contribution in [0.15, 0.2) is 60.8 Å². The summed E-state index contributed by atoms with van der Waals surface area (Å²) >= 11 is 0. The largest absolute Gasteiger partial charge is 0.453 e. The SMILES string of the molecule is COC(=O)N[C@H](C(=O)N1CC2(CC2)CC1c1ncc(-c2ccc3c(c2)C(F)(F)c2cc(-c4ccc5nc([C@H]6N[C@@H]7CC[C@H]6C7)[nH]c5c4)ccc2-3)[nH]1)C(C)C.Cl.Cl. The number of ether oxygens (including phenoxy) is 1. The quantitative estimate of drug-likeness (QED) is 0.130. The van der Waals surface area contributed by atoms with E-state index >= 15 is 8.78 Å². The van der Waals surface area contributed by atoms with Crippen LogP contribution in [0.4, 0.5) is 13.6 Å². The van der Waals surface area contributed by atoms with Gasteiger partial charge in [0.1, 0.15) is 17.7 Å². The molecule has 4 heterocycles. The lowest BCUT2D eigenvalue weighted by Crippen LogP contribution is -2.51. The summed E-state index contributed by atoms with van der Waals surface area (Å²) in [4.78, 5) is 44.3. The number of H-pyrrole nitrogens is 2. The highest BCUT2D eigenvalue weighted by atomic mass is 35.5. The van der Waals surface area contributed by atoms with E-state index in [0.29, 0.717) is 46.7 Å². The molecule has 3 aromatic carbocycles. The second-order valence-electron chi connectivity index (χ2n) is 16.6. The van der Waals surface area contributed by atoms with Crippen molar-refractivity contribution in [3.8, 4) is 33.5 Å². The molecular weight excluding hydrogens is 759 g/mol. The summed E-state index contributed by atoms with van der Waals surface area (Å²) in [5.74, 6) is -1.37. The van der Waals surface area contributed by atoms with Crippen molar-refractivity contribution in [2.75, 3.05) is 13.7 Å². The molecule has 4 N–H and O–H groups in total. The van der Waals surface area contributed by atoms with Gasteiger partial charge >= 0.3 is 6.09 Å². The Balaban J connectivity index is 0.00000220. The summed E-state index contributed by atoms with van der Waals surface area (Å²) in [6.45, 7) is 4.35. The molecule has 10 rings (SSSR count). The number of fused-ring (bicyclic) bond motifs is 6. The lowest BCUT2D eigenvalue weighted by Gasteiger charge is -2.30. The van der Waals surface area contributed by atoms with Crippen LogP contribution < -0.4 is 10.6 Å². The van der Waals surface area contributed by atoms with E-state index in [1.165, 1.54) is 26.4 Å². The molecular formula is C42H45Cl2F2N7O3. The zero-order chi connectivity index (χ0) is 37.1. The Bertz CT molecular complexity index is 2360. The van der Waals surface area contributed by atoms with Gasteiger partial charge in [-0.05, 0) is 102 Å². The molecule has 294 valence electrons. The minimum Gasteiger partial charge on any atom is -0.453 e. The summed E-state index contributed by atoms with van der Waals surface area (Å²) in [5, 5.41) is 6.41. The van der Waals surface area contributed by atoms with Crippen LogP contribution >= 0.6 is 24.8 Å². The fourth-order valence-corrected chi connectivity index (χ4v) is 9.69. The zero-order valence-electron chi connectivity index (χ0n) is 31.3. The number of likely N-dealkylation sites (tertiary alicyclic amines) is 1. The van der Waals surface area contributed by atoms with Crippen molar-refractivity contribution in [1.29, 1.82) is 0 Å². The molecule has 5 aromatic rings. The number of halogens is 4. The third kappa shape index (κ3) is 6.15. The third-order valence-corrected chi connectivity index (χ3v) is 12.9. The number of carbonyl (C=O) groups excluding carboxylic acids is 2. The molecule has 10 nitrogen and oxygen atoms in total. The van der Waals surface area contributed by atoms with Crippen LogP contribution in [0, 0.1) is 17.3 Å². The Morgan fingerprint density at radius 3 is 2.29 bits per heavy atom. The number of piperidine rings is 1. The van der Waals surface area contributed by atoms with E-state index in [4.69, 9.17) is 14.7 Å². The van der Waals surface area contributed by atoms with Crippen molar-refractivity contribution < 1.29 is 23.1 Å². The molecule has 1 unspecified atom stereocenters. The Kier molecular flexibility index (Phi) is 9.48. The number of imidazole rings is 2. The number of nitrogens with zero attached hydrogens (tertiary/aromatic N) is 3. The maximum atomic E-state index is 16.4. The number of alkyl halides is 2. The van der Waals surface area contributed by atoms with E-state index < -0.39 is 18.1 Å². The fraction of sp³-hybridized carbons (Fsp3) is 0.429. The molecule has 5 atom stereocenters. The smallest absolute Gasteiger partial charge is 0.407 e. The first-order valence-corrected chi connectivity index (χ1v) is 19.1. The van der Waals surface area contributed by atoms with Gasteiger partial charge in [0.05, 0.1) is 42.1 Å². The standard InChI is InChI=1S/C42H43F2N7O3.2ClH/c1-21(2)35(50-40(53)54-3)39(52)51-20-41(12-13-41)18-34(51)37-45-19-33(49-37)24-6-10-28-27-9-5-22(15-29(27)42(43,44)30(28)16-24)23-7-11-31-32(17-23)48-38(47-31)36-25-4-8-26(14-25)46-36;;/h5-7,9-11,15-17,19,21,25-26,34-36,46H,4,8,12-14,18,20H2,1-3H3,(H,45,49)(H,47,48)(H,50,53);2*1H/t25-,26+,34?,35-,36-;;/m0../s1. The highest BCUT2D eigenvalue weighted by Gasteiger charge is 2.55. The maximum Gasteiger partial charge on any atom is 0.407 e. The molecule has 56 heavy (non-hydrogen) atoms. The average Bonchev–Trinajstić information content (AvgIpc) is 3.83. The minimum absolute atomic E-state index is 0. The first kappa shape index (κ1) is 38.4. The molecule has 2 bridgehead atoms. The van der Waals surface area contributed by atoms with Gasteiger partial charge in [-0.25, -0.2) is 14.8 Å². The van der Waals surface area contributed by atoms with Gasteiger partial charge in [0.25, 0.3) is 5.92 Å². The van der Waals surface area contributed by atoms with Crippen molar-refractivity contribution in [1.82, 2.24) is 35.5 Å². The van der Waals surface area contributed by atoms with Crippen LogP contribution in [0.2, 0.25) is 0 Å². The van der Waals surface area contributed by atoms with Crippen LogP contribution in [0.25, 0.3) is 44.5 Å². The average molecular weight is 805 g/mol. The number of methoxy groups -OCH3 is 1. The first-order chi connectivity index (χ1) is 26.0. The van der Waals surface area contributed by atoms with Gasteiger partial charge in [0.2, 0.25) is 5.91 Å². The number of nitrogens with one attached hydrogen (secondary N) is 4. The van der Waals surface area contributed by atoms with Gasteiger partial charge in [-0.2, -0.15) is 8.78 Å². The third-order valence-electron chi connectivity index (χ3n) is 12.9. The van der Waals surface area contributed by atoms with E-state index in [0.717, 1.165) is 47.2 Å². The molecule has 2 aromatic heterocycles. The van der Waals surface area contributed by atoms with Gasteiger partial charge < -0.3 is 30.2 Å². The number of alkyl carbamates (subject to hydrolysis) is 1. The number of benzene rings is 3. The Hall–Kier alpha value is -4.52. The van der Waals surface area contributed by atoms with Crippen LogP contribution in [0.3, 0.4) is 0 Å². The van der Waals surface area contributed by atoms with Gasteiger partial charge in [-0.3, -0.25) is 4.79 Å². The summed E-state index contributed by atoms with van der Waals surface area (Å²) < 4.78 is 37.7. The van der Waals surface area contributed by atoms with Crippen molar-refractivity contribution in [2.24, 2.45) is 17.3 Å². The van der Waals surface area contributed by atoms with E-state index in [1.807, 2.05) is 49.1 Å². The number of hydrogen-bond acceptors (Lipinski definition) is 6. The number of aromatic nitrogens is 4. The van der Waals surface area contributed by atoms with Gasteiger partial charge in [0.15, 0.2) is 0 Å². The van der Waals surface area contributed by atoms with E-state index in [2.05, 4.69) is 20.6 Å². The first-order valence-electron chi connectivity index (χ1n) is 19.1. The molecule has 2 aliphatic heterocycles.